The third-order valence-electron chi connectivity index (χ3n) is 3.37. The van der Waals surface area contributed by atoms with Gasteiger partial charge in [-0.25, -0.2) is 4.68 Å². The number of aryl methyl sites for hydroxylation is 2. The van der Waals surface area contributed by atoms with Gasteiger partial charge in [0.2, 0.25) is 12.7 Å². The molecule has 2 heterocycles. The summed E-state index contributed by atoms with van der Waals surface area (Å²) >= 11 is 0. The van der Waals surface area contributed by atoms with Gasteiger partial charge < -0.3 is 19.9 Å². The molecule has 6 heteroatoms. The van der Waals surface area contributed by atoms with E-state index in [4.69, 9.17) is 19.9 Å². The highest BCUT2D eigenvalue weighted by Crippen LogP contribution is 2.33. The summed E-state index contributed by atoms with van der Waals surface area (Å²) in [6.07, 6.45) is 0.973. The van der Waals surface area contributed by atoms with Gasteiger partial charge in [0.05, 0.1) is 5.69 Å². The molecule has 0 fully saturated rings. The summed E-state index contributed by atoms with van der Waals surface area (Å²) in [5, 5.41) is 4.39. The van der Waals surface area contributed by atoms with Crippen molar-refractivity contribution in [1.29, 1.82) is 0 Å². The van der Waals surface area contributed by atoms with Crippen LogP contribution in [0.2, 0.25) is 0 Å². The van der Waals surface area contributed by atoms with Crippen LogP contribution in [-0.2, 0) is 13.2 Å². The maximum Gasteiger partial charge on any atom is 0.236 e. The Kier molecular flexibility index (Phi) is 3.60. The summed E-state index contributed by atoms with van der Waals surface area (Å²) in [5.74, 6) is 2.15. The quantitative estimate of drug-likeness (QED) is 0.915. The lowest BCUT2D eigenvalue weighted by atomic mass is 10.2. The van der Waals surface area contributed by atoms with Crippen molar-refractivity contribution >= 4 is 5.69 Å². The van der Waals surface area contributed by atoms with E-state index in [2.05, 4.69) is 12.0 Å². The van der Waals surface area contributed by atoms with Crippen molar-refractivity contribution in [3.63, 3.8) is 0 Å². The minimum Gasteiger partial charge on any atom is -0.471 e. The average molecular weight is 289 g/mol. The Morgan fingerprint density at radius 1 is 1.33 bits per heavy atom. The van der Waals surface area contributed by atoms with Gasteiger partial charge in [0, 0.05) is 6.54 Å². The maximum atomic E-state index is 6.03. The van der Waals surface area contributed by atoms with Gasteiger partial charge in [-0.2, -0.15) is 5.10 Å². The lowest BCUT2D eigenvalue weighted by Gasteiger charge is -2.10. The van der Waals surface area contributed by atoms with Crippen LogP contribution < -0.4 is 19.9 Å². The molecule has 0 saturated heterocycles. The van der Waals surface area contributed by atoms with Gasteiger partial charge in [0.1, 0.15) is 12.3 Å². The monoisotopic (exact) mass is 289 g/mol. The molecule has 2 aromatic rings. The highest BCUT2D eigenvalue weighted by Gasteiger charge is 2.16. The topological polar surface area (TPSA) is 71.5 Å². The number of aromatic nitrogens is 2. The van der Waals surface area contributed by atoms with Crippen LogP contribution in [0, 0.1) is 6.92 Å². The first kappa shape index (κ1) is 13.6. The number of nitrogen functional groups attached to an aromatic ring is 1. The third kappa shape index (κ3) is 2.61. The Labute approximate surface area is 123 Å². The van der Waals surface area contributed by atoms with Gasteiger partial charge in [0.25, 0.3) is 0 Å². The average Bonchev–Trinajstić information content (AvgIpc) is 3.03. The first-order chi connectivity index (χ1) is 10.2. The van der Waals surface area contributed by atoms with Crippen LogP contribution in [0.3, 0.4) is 0 Å². The summed E-state index contributed by atoms with van der Waals surface area (Å²) in [6.45, 7) is 5.45. The van der Waals surface area contributed by atoms with E-state index in [1.807, 2.05) is 29.8 Å². The van der Waals surface area contributed by atoms with Gasteiger partial charge in [0.15, 0.2) is 11.5 Å². The molecule has 6 nitrogen and oxygen atoms in total. The van der Waals surface area contributed by atoms with Gasteiger partial charge in [-0.05, 0) is 31.0 Å². The van der Waals surface area contributed by atoms with Crippen molar-refractivity contribution in [2.45, 2.75) is 33.4 Å². The van der Waals surface area contributed by atoms with Crippen LogP contribution >= 0.6 is 0 Å². The molecule has 2 N–H and O–H groups in total. The zero-order chi connectivity index (χ0) is 14.8. The first-order valence-corrected chi connectivity index (χ1v) is 7.03. The molecule has 21 heavy (non-hydrogen) atoms. The van der Waals surface area contributed by atoms with Gasteiger partial charge >= 0.3 is 0 Å². The number of hydrogen-bond acceptors (Lipinski definition) is 5. The van der Waals surface area contributed by atoms with E-state index in [1.165, 1.54) is 0 Å². The molecule has 3 rings (SSSR count). The van der Waals surface area contributed by atoms with E-state index < -0.39 is 0 Å². The second kappa shape index (κ2) is 5.55. The zero-order valence-corrected chi connectivity index (χ0v) is 12.3. The van der Waals surface area contributed by atoms with E-state index in [0.29, 0.717) is 18.2 Å². The molecule has 1 aromatic heterocycles. The summed E-state index contributed by atoms with van der Waals surface area (Å²) in [6, 6.07) is 5.77. The van der Waals surface area contributed by atoms with Crippen molar-refractivity contribution in [1.82, 2.24) is 9.78 Å². The number of nitrogens with two attached hydrogens (primary N) is 1. The van der Waals surface area contributed by atoms with Crippen LogP contribution in [0.1, 0.15) is 24.6 Å². The van der Waals surface area contributed by atoms with Crippen LogP contribution in [0.15, 0.2) is 18.2 Å². The van der Waals surface area contributed by atoms with E-state index in [1.54, 1.807) is 0 Å². The summed E-state index contributed by atoms with van der Waals surface area (Å²) in [7, 11) is 0. The fraction of sp³-hybridized carbons (Fsp3) is 0.400. The molecule has 0 unspecified atom stereocenters. The van der Waals surface area contributed by atoms with Crippen molar-refractivity contribution in [2.24, 2.45) is 0 Å². The second-order valence-corrected chi connectivity index (χ2v) is 5.00. The number of nitrogens with zero attached hydrogens (tertiary/aromatic N) is 2. The minimum atomic E-state index is 0.273. The number of anilines is 1. The molecular formula is C15H19N3O3. The minimum absolute atomic E-state index is 0.273. The molecule has 0 radical (unpaired) electrons. The number of ether oxygens (including phenoxy) is 3. The van der Waals surface area contributed by atoms with Gasteiger partial charge in [-0.15, -0.1) is 0 Å². The molecule has 1 aliphatic heterocycles. The maximum absolute atomic E-state index is 6.03. The van der Waals surface area contributed by atoms with Crippen LogP contribution in [0.25, 0.3) is 0 Å². The SMILES string of the molecule is CCCn1nc(C)c(N)c1OCc1ccc2c(c1)OCO2. The molecule has 112 valence electrons. The van der Waals surface area contributed by atoms with E-state index in [-0.39, 0.29) is 6.79 Å². The molecule has 1 aromatic carbocycles. The molecule has 0 amide bonds. The van der Waals surface area contributed by atoms with Crippen LogP contribution in [0.4, 0.5) is 5.69 Å². The Bertz CT molecular complexity index is 652. The summed E-state index contributed by atoms with van der Waals surface area (Å²) < 4.78 is 18.3. The third-order valence-corrected chi connectivity index (χ3v) is 3.37. The normalized spacial score (nSPS) is 12.7. The Hall–Kier alpha value is -2.37. The number of fused-ring (bicyclic) bond motifs is 1. The van der Waals surface area contributed by atoms with Crippen LogP contribution in [-0.4, -0.2) is 16.6 Å². The number of benzene rings is 1. The van der Waals surface area contributed by atoms with Crippen molar-refractivity contribution in [2.75, 3.05) is 12.5 Å². The molecule has 0 spiro atoms. The number of hydrogen-bond donors (Lipinski definition) is 1. The van der Waals surface area contributed by atoms with Crippen molar-refractivity contribution in [3.8, 4) is 17.4 Å². The molecule has 1 aliphatic rings. The Balaban J connectivity index is 1.75. The zero-order valence-electron chi connectivity index (χ0n) is 12.3. The smallest absolute Gasteiger partial charge is 0.236 e. The van der Waals surface area contributed by atoms with Gasteiger partial charge in [-0.1, -0.05) is 13.0 Å². The second-order valence-electron chi connectivity index (χ2n) is 5.00. The molecule has 0 aliphatic carbocycles. The molecule has 0 bridgehead atoms. The highest BCUT2D eigenvalue weighted by atomic mass is 16.7. The predicted molar refractivity (Wildman–Crippen MR) is 78.6 cm³/mol. The van der Waals surface area contributed by atoms with Crippen molar-refractivity contribution < 1.29 is 14.2 Å². The Morgan fingerprint density at radius 2 is 2.14 bits per heavy atom. The van der Waals surface area contributed by atoms with Gasteiger partial charge in [-0.3, -0.25) is 0 Å². The fourth-order valence-corrected chi connectivity index (χ4v) is 2.27. The predicted octanol–water partition coefficient (Wildman–Crippen LogP) is 2.49. The highest BCUT2D eigenvalue weighted by molar-refractivity contribution is 5.52. The molecular weight excluding hydrogens is 270 g/mol. The van der Waals surface area contributed by atoms with Crippen molar-refractivity contribution in [3.05, 3.63) is 29.5 Å². The fourth-order valence-electron chi connectivity index (χ4n) is 2.27. The summed E-state index contributed by atoms with van der Waals surface area (Å²) in [4.78, 5) is 0. The Morgan fingerprint density at radius 3 is 2.95 bits per heavy atom. The first-order valence-electron chi connectivity index (χ1n) is 7.03. The molecule has 0 atom stereocenters. The van der Waals surface area contributed by atoms with Crippen LogP contribution in [0.5, 0.6) is 17.4 Å². The van der Waals surface area contributed by atoms with E-state index in [9.17, 15) is 0 Å². The van der Waals surface area contributed by atoms with E-state index >= 15 is 0 Å². The largest absolute Gasteiger partial charge is 0.471 e. The van der Waals surface area contributed by atoms with E-state index in [0.717, 1.165) is 35.7 Å². The summed E-state index contributed by atoms with van der Waals surface area (Å²) in [5.41, 5.74) is 8.43. The molecule has 0 saturated carbocycles. The lowest BCUT2D eigenvalue weighted by Crippen LogP contribution is -2.06. The standard InChI is InChI=1S/C15H19N3O3/c1-3-6-18-15(14(16)10(2)17-18)19-8-11-4-5-12-13(7-11)21-9-20-12/h4-5,7H,3,6,8-9,16H2,1-2H3. The lowest BCUT2D eigenvalue weighted by molar-refractivity contribution is 0.174. The number of rotatable bonds is 5.